The van der Waals surface area contributed by atoms with Gasteiger partial charge < -0.3 is 14.8 Å². The van der Waals surface area contributed by atoms with Crippen molar-refractivity contribution in [1.82, 2.24) is 10.3 Å². The van der Waals surface area contributed by atoms with Crippen LogP contribution in [-0.4, -0.2) is 22.6 Å². The Bertz CT molecular complexity index is 986. The maximum Gasteiger partial charge on any atom is 0.417 e. The van der Waals surface area contributed by atoms with Crippen LogP contribution in [0.3, 0.4) is 0 Å². The molecule has 9 heteroatoms. The molecule has 1 heterocycles. The molecule has 0 aliphatic heterocycles. The topological polar surface area (TPSA) is 75.4 Å². The molecule has 0 bridgehead atoms. The highest BCUT2D eigenvalue weighted by Crippen LogP contribution is 2.37. The second-order valence-electron chi connectivity index (χ2n) is 5.83. The van der Waals surface area contributed by atoms with Gasteiger partial charge in [-0.3, -0.25) is 4.79 Å². The minimum absolute atomic E-state index is 0.00675. The van der Waals surface area contributed by atoms with Gasteiger partial charge in [-0.15, -0.1) is 0 Å². The lowest BCUT2D eigenvalue weighted by Crippen LogP contribution is -2.17. The van der Waals surface area contributed by atoms with Gasteiger partial charge in [-0.25, -0.2) is 4.98 Å². The van der Waals surface area contributed by atoms with Gasteiger partial charge in [-0.2, -0.15) is 13.2 Å². The van der Waals surface area contributed by atoms with Crippen molar-refractivity contribution < 1.29 is 27.5 Å². The fraction of sp³-hybridized carbons (Fsp3) is 0.222. The number of carboxylic acids is 1. The van der Waals surface area contributed by atoms with Crippen molar-refractivity contribution in [2.24, 2.45) is 0 Å². The summed E-state index contributed by atoms with van der Waals surface area (Å²) in [5, 5.41) is 11.2. The third kappa shape index (κ3) is 4.58. The molecule has 3 rings (SSSR count). The lowest BCUT2D eigenvalue weighted by molar-refractivity contribution is -0.138. The second kappa shape index (κ2) is 7.58. The molecular weight excluding hydrogens is 385 g/mol. The Labute approximate surface area is 156 Å². The van der Waals surface area contributed by atoms with Gasteiger partial charge in [0.05, 0.1) is 17.0 Å². The number of carbonyl (C=O) groups is 1. The van der Waals surface area contributed by atoms with E-state index in [0.717, 1.165) is 17.7 Å². The summed E-state index contributed by atoms with van der Waals surface area (Å²) >= 11 is 5.63. The molecular formula is C18H14ClF3N2O3. The normalized spacial score (nSPS) is 11.9. The lowest BCUT2D eigenvalue weighted by Gasteiger charge is -2.09. The molecule has 1 aromatic heterocycles. The second-order valence-corrected chi connectivity index (χ2v) is 6.24. The summed E-state index contributed by atoms with van der Waals surface area (Å²) in [4.78, 5) is 14.7. The average molecular weight is 399 g/mol. The summed E-state index contributed by atoms with van der Waals surface area (Å²) < 4.78 is 44.7. The van der Waals surface area contributed by atoms with E-state index < -0.39 is 22.7 Å². The Morgan fingerprint density at radius 1 is 1.22 bits per heavy atom. The van der Waals surface area contributed by atoms with E-state index in [4.69, 9.17) is 21.1 Å². The third-order valence-electron chi connectivity index (χ3n) is 3.82. The molecule has 0 unspecified atom stereocenters. The smallest absolute Gasteiger partial charge is 0.417 e. The summed E-state index contributed by atoms with van der Waals surface area (Å²) in [6.07, 6.45) is -4.57. The minimum Gasteiger partial charge on any atom is -0.481 e. The quantitative estimate of drug-likeness (QED) is 0.587. The zero-order valence-corrected chi connectivity index (χ0v) is 14.6. The zero-order valence-electron chi connectivity index (χ0n) is 13.8. The van der Waals surface area contributed by atoms with Gasteiger partial charge in [0.25, 0.3) is 0 Å². The molecule has 142 valence electrons. The number of rotatable bonds is 6. The van der Waals surface area contributed by atoms with Crippen molar-refractivity contribution in [1.29, 1.82) is 0 Å². The molecule has 0 spiro atoms. The number of nitrogens with zero attached hydrogens (tertiary/aromatic N) is 1. The molecule has 3 aromatic rings. The van der Waals surface area contributed by atoms with Crippen LogP contribution in [0, 0.1) is 0 Å². The monoisotopic (exact) mass is 398 g/mol. The maximum absolute atomic E-state index is 13.0. The number of hydrogen-bond donors (Lipinski definition) is 2. The predicted molar refractivity (Wildman–Crippen MR) is 93.4 cm³/mol. The van der Waals surface area contributed by atoms with E-state index in [1.165, 1.54) is 6.07 Å². The van der Waals surface area contributed by atoms with Crippen LogP contribution in [0.5, 0.6) is 0 Å². The lowest BCUT2D eigenvalue weighted by atomic mass is 10.1. The molecule has 0 saturated carbocycles. The van der Waals surface area contributed by atoms with Crippen LogP contribution in [0.2, 0.25) is 5.02 Å². The van der Waals surface area contributed by atoms with Gasteiger partial charge in [0.1, 0.15) is 5.52 Å². The van der Waals surface area contributed by atoms with Crippen LogP contribution >= 0.6 is 11.6 Å². The Hall–Kier alpha value is -2.58. The predicted octanol–water partition coefficient (Wildman–Crippen LogP) is 4.73. The summed E-state index contributed by atoms with van der Waals surface area (Å²) in [6, 6.07) is 8.66. The van der Waals surface area contributed by atoms with E-state index in [-0.39, 0.29) is 17.9 Å². The Kier molecular flexibility index (Phi) is 5.38. The molecule has 0 aliphatic carbocycles. The van der Waals surface area contributed by atoms with Crippen molar-refractivity contribution in [3.05, 3.63) is 52.5 Å². The summed E-state index contributed by atoms with van der Waals surface area (Å²) in [6.45, 7) is 0.748. The Balaban J connectivity index is 1.84. The first kappa shape index (κ1) is 19.2. The molecule has 2 N–H and O–H groups in total. The first-order valence-electron chi connectivity index (χ1n) is 7.93. The number of oxazole rings is 1. The number of hydrogen-bond acceptors (Lipinski definition) is 4. The van der Waals surface area contributed by atoms with Crippen LogP contribution in [0.1, 0.15) is 17.5 Å². The molecule has 0 atom stereocenters. The Morgan fingerprint density at radius 2 is 2.00 bits per heavy atom. The van der Waals surface area contributed by atoms with E-state index in [1.54, 1.807) is 18.2 Å². The number of alkyl halides is 3. The number of fused-ring (bicyclic) bond motifs is 1. The van der Waals surface area contributed by atoms with E-state index in [9.17, 15) is 18.0 Å². The zero-order chi connectivity index (χ0) is 19.6. The summed E-state index contributed by atoms with van der Waals surface area (Å²) in [5.74, 6) is -0.831. The van der Waals surface area contributed by atoms with Crippen molar-refractivity contribution in [2.75, 3.05) is 6.54 Å². The first-order chi connectivity index (χ1) is 12.7. The fourth-order valence-electron chi connectivity index (χ4n) is 2.51. The highest BCUT2D eigenvalue weighted by Gasteiger charge is 2.33. The molecule has 27 heavy (non-hydrogen) atoms. The number of aromatic nitrogens is 1. The molecule has 0 radical (unpaired) electrons. The van der Waals surface area contributed by atoms with Crippen LogP contribution in [0.4, 0.5) is 13.2 Å². The largest absolute Gasteiger partial charge is 0.481 e. The van der Waals surface area contributed by atoms with Crippen LogP contribution in [-0.2, 0) is 17.5 Å². The SMILES string of the molecule is O=C(O)CCNCc1ccc2nc(-c3ccc(Cl)c(C(F)(F)F)c3)oc2c1. The fourth-order valence-corrected chi connectivity index (χ4v) is 2.73. The summed E-state index contributed by atoms with van der Waals surface area (Å²) in [5.41, 5.74) is 0.979. The molecule has 2 aromatic carbocycles. The van der Waals surface area contributed by atoms with E-state index in [1.807, 2.05) is 0 Å². The van der Waals surface area contributed by atoms with Gasteiger partial charge in [0, 0.05) is 18.7 Å². The van der Waals surface area contributed by atoms with E-state index >= 15 is 0 Å². The highest BCUT2D eigenvalue weighted by molar-refractivity contribution is 6.31. The van der Waals surface area contributed by atoms with Gasteiger partial charge in [0.15, 0.2) is 5.58 Å². The van der Waals surface area contributed by atoms with Gasteiger partial charge in [-0.05, 0) is 35.9 Å². The van der Waals surface area contributed by atoms with Gasteiger partial charge in [-0.1, -0.05) is 17.7 Å². The average Bonchev–Trinajstić information content (AvgIpc) is 3.01. The standard InChI is InChI=1S/C18H14ClF3N2O3/c19-13-3-2-11(8-12(13)18(20,21)22)17-24-14-4-1-10(7-15(14)27-17)9-23-6-5-16(25)26/h1-4,7-8,23H,5-6,9H2,(H,25,26). The molecule has 0 amide bonds. The van der Waals surface area contributed by atoms with E-state index in [0.29, 0.717) is 24.2 Å². The number of halogens is 4. The van der Waals surface area contributed by atoms with Crippen LogP contribution in [0.25, 0.3) is 22.6 Å². The van der Waals surface area contributed by atoms with Crippen molar-refractivity contribution >= 4 is 28.7 Å². The molecule has 5 nitrogen and oxygen atoms in total. The van der Waals surface area contributed by atoms with Crippen molar-refractivity contribution in [2.45, 2.75) is 19.1 Å². The van der Waals surface area contributed by atoms with Crippen molar-refractivity contribution in [3.63, 3.8) is 0 Å². The van der Waals surface area contributed by atoms with E-state index in [2.05, 4.69) is 10.3 Å². The third-order valence-corrected chi connectivity index (χ3v) is 4.15. The van der Waals surface area contributed by atoms with Crippen LogP contribution < -0.4 is 5.32 Å². The highest BCUT2D eigenvalue weighted by atomic mass is 35.5. The number of aliphatic carboxylic acids is 1. The van der Waals surface area contributed by atoms with Gasteiger partial charge >= 0.3 is 12.1 Å². The van der Waals surface area contributed by atoms with Crippen molar-refractivity contribution in [3.8, 4) is 11.5 Å². The molecule has 0 aliphatic rings. The maximum atomic E-state index is 13.0. The first-order valence-corrected chi connectivity index (χ1v) is 8.31. The number of carboxylic acid groups (broad SMARTS) is 1. The minimum atomic E-state index is -4.58. The molecule has 0 saturated heterocycles. The van der Waals surface area contributed by atoms with Gasteiger partial charge in [0.2, 0.25) is 5.89 Å². The number of nitrogens with one attached hydrogen (secondary N) is 1. The van der Waals surface area contributed by atoms with Crippen LogP contribution in [0.15, 0.2) is 40.8 Å². The Morgan fingerprint density at radius 3 is 2.70 bits per heavy atom. The summed E-state index contributed by atoms with van der Waals surface area (Å²) in [7, 11) is 0. The number of benzene rings is 2. The molecule has 0 fully saturated rings.